The minimum absolute atomic E-state index is 0.0504. The summed E-state index contributed by atoms with van der Waals surface area (Å²) >= 11 is 0. The monoisotopic (exact) mass is 349 g/mol. The number of carbonyl (C=O) groups is 2. The Labute approximate surface area is 145 Å². The lowest BCUT2D eigenvalue weighted by Crippen LogP contribution is -2.52. The molecular formula is C16H23N5O4. The van der Waals surface area contributed by atoms with Crippen LogP contribution < -0.4 is 5.32 Å². The zero-order chi connectivity index (χ0) is 18.2. The predicted octanol–water partition coefficient (Wildman–Crippen LogP) is 1.93. The van der Waals surface area contributed by atoms with Crippen LogP contribution in [0.2, 0.25) is 0 Å². The zero-order valence-electron chi connectivity index (χ0n) is 15.0. The summed E-state index contributed by atoms with van der Waals surface area (Å²) < 4.78 is 10.7. The van der Waals surface area contributed by atoms with Crippen molar-refractivity contribution in [1.29, 1.82) is 0 Å². The van der Waals surface area contributed by atoms with Crippen LogP contribution in [0.3, 0.4) is 0 Å². The molecule has 1 saturated carbocycles. The van der Waals surface area contributed by atoms with E-state index in [0.29, 0.717) is 24.4 Å². The zero-order valence-corrected chi connectivity index (χ0v) is 15.0. The Morgan fingerprint density at radius 3 is 2.60 bits per heavy atom. The van der Waals surface area contributed by atoms with Crippen molar-refractivity contribution in [3.05, 3.63) is 11.7 Å². The Bertz CT molecular complexity index is 714. The predicted molar refractivity (Wildman–Crippen MR) is 87.7 cm³/mol. The standard InChI is InChI=1S/C16H23N5O4/c1-15(2,3)24-14(23)18-16(8-5-9-16)13-17-12(25-20-13)10-6-7-11(22)21(4)19-10/h5-9H2,1-4H3,(H,18,23). The highest BCUT2D eigenvalue weighted by molar-refractivity contribution is 6.00. The van der Waals surface area contributed by atoms with Crippen LogP contribution in [0.15, 0.2) is 9.62 Å². The molecule has 0 bridgehead atoms. The van der Waals surface area contributed by atoms with E-state index in [1.54, 1.807) is 7.05 Å². The molecule has 136 valence electrons. The number of alkyl carbamates (subject to hydrolysis) is 1. The number of nitrogens with one attached hydrogen (secondary N) is 1. The summed E-state index contributed by atoms with van der Waals surface area (Å²) in [6.07, 6.45) is 2.70. The third kappa shape index (κ3) is 3.64. The minimum atomic E-state index is -0.666. The summed E-state index contributed by atoms with van der Waals surface area (Å²) in [5.41, 5.74) is -0.667. The molecule has 2 aliphatic rings. The fraction of sp³-hybridized carbons (Fsp3) is 0.688. The first-order chi connectivity index (χ1) is 11.7. The first-order valence-corrected chi connectivity index (χ1v) is 8.38. The SMILES string of the molecule is CN1N=C(c2nc(C3(NC(=O)OC(C)(C)C)CCC3)no2)CCC1=O. The molecule has 1 N–H and O–H groups in total. The van der Waals surface area contributed by atoms with Crippen LogP contribution in [0.5, 0.6) is 0 Å². The minimum Gasteiger partial charge on any atom is -0.444 e. The number of ether oxygens (including phenoxy) is 1. The summed E-state index contributed by atoms with van der Waals surface area (Å²) in [4.78, 5) is 28.1. The van der Waals surface area contributed by atoms with Gasteiger partial charge in [0.1, 0.15) is 16.9 Å². The van der Waals surface area contributed by atoms with E-state index in [2.05, 4.69) is 20.6 Å². The fourth-order valence-electron chi connectivity index (χ4n) is 2.79. The number of amides is 2. The molecule has 25 heavy (non-hydrogen) atoms. The van der Waals surface area contributed by atoms with E-state index in [1.807, 2.05) is 20.8 Å². The maximum atomic E-state index is 12.1. The molecule has 0 saturated heterocycles. The van der Waals surface area contributed by atoms with Crippen molar-refractivity contribution in [2.24, 2.45) is 5.10 Å². The van der Waals surface area contributed by atoms with Crippen molar-refractivity contribution in [2.75, 3.05) is 7.05 Å². The van der Waals surface area contributed by atoms with Gasteiger partial charge in [-0.3, -0.25) is 4.79 Å². The summed E-state index contributed by atoms with van der Waals surface area (Å²) in [6.45, 7) is 5.43. The van der Waals surface area contributed by atoms with Crippen molar-refractivity contribution in [3.8, 4) is 0 Å². The molecule has 0 spiro atoms. The summed E-state index contributed by atoms with van der Waals surface area (Å²) in [5, 5.41) is 12.4. The van der Waals surface area contributed by atoms with Crippen LogP contribution in [0.25, 0.3) is 0 Å². The largest absolute Gasteiger partial charge is 0.444 e. The van der Waals surface area contributed by atoms with Crippen LogP contribution >= 0.6 is 0 Å². The van der Waals surface area contributed by atoms with Crippen molar-refractivity contribution in [1.82, 2.24) is 20.5 Å². The molecule has 1 fully saturated rings. The third-order valence-electron chi connectivity index (χ3n) is 4.26. The van der Waals surface area contributed by atoms with Gasteiger partial charge in [0, 0.05) is 19.9 Å². The number of carbonyl (C=O) groups excluding carboxylic acids is 2. The molecule has 2 heterocycles. The Morgan fingerprint density at radius 1 is 1.32 bits per heavy atom. The van der Waals surface area contributed by atoms with Gasteiger partial charge in [0.2, 0.25) is 5.91 Å². The van der Waals surface area contributed by atoms with Gasteiger partial charge in [-0.1, -0.05) is 5.16 Å². The molecule has 2 amide bonds. The molecule has 1 aliphatic carbocycles. The number of hydrazone groups is 1. The van der Waals surface area contributed by atoms with E-state index < -0.39 is 17.2 Å². The molecule has 0 aromatic carbocycles. The molecule has 1 aromatic heterocycles. The molecule has 9 heteroatoms. The smallest absolute Gasteiger partial charge is 0.408 e. The molecule has 1 aromatic rings. The van der Waals surface area contributed by atoms with E-state index in [0.717, 1.165) is 19.3 Å². The fourth-order valence-corrected chi connectivity index (χ4v) is 2.79. The van der Waals surface area contributed by atoms with Gasteiger partial charge in [0.15, 0.2) is 5.82 Å². The number of rotatable bonds is 3. The van der Waals surface area contributed by atoms with Crippen molar-refractivity contribution in [2.45, 2.75) is 64.0 Å². The van der Waals surface area contributed by atoms with E-state index in [1.165, 1.54) is 5.01 Å². The Balaban J connectivity index is 1.77. The third-order valence-corrected chi connectivity index (χ3v) is 4.26. The summed E-state index contributed by atoms with van der Waals surface area (Å²) in [7, 11) is 1.59. The van der Waals surface area contributed by atoms with E-state index in [9.17, 15) is 9.59 Å². The van der Waals surface area contributed by atoms with E-state index in [4.69, 9.17) is 9.26 Å². The second-order valence-electron chi connectivity index (χ2n) is 7.45. The van der Waals surface area contributed by atoms with Gasteiger partial charge in [-0.05, 0) is 40.0 Å². The quantitative estimate of drug-likeness (QED) is 0.893. The van der Waals surface area contributed by atoms with E-state index >= 15 is 0 Å². The lowest BCUT2D eigenvalue weighted by Gasteiger charge is -2.39. The van der Waals surface area contributed by atoms with Gasteiger partial charge in [-0.25, -0.2) is 9.80 Å². The van der Waals surface area contributed by atoms with Crippen LogP contribution in [0.4, 0.5) is 4.79 Å². The van der Waals surface area contributed by atoms with Crippen molar-refractivity contribution >= 4 is 17.7 Å². The van der Waals surface area contributed by atoms with Gasteiger partial charge in [0.25, 0.3) is 5.89 Å². The number of nitrogens with zero attached hydrogens (tertiary/aromatic N) is 4. The normalized spacial score (nSPS) is 19.9. The van der Waals surface area contributed by atoms with Crippen LogP contribution in [0.1, 0.15) is 64.6 Å². The lowest BCUT2D eigenvalue weighted by molar-refractivity contribution is -0.130. The molecule has 0 radical (unpaired) electrons. The topological polar surface area (TPSA) is 110 Å². The van der Waals surface area contributed by atoms with Gasteiger partial charge in [0.05, 0.1) is 0 Å². The molecule has 0 atom stereocenters. The van der Waals surface area contributed by atoms with Gasteiger partial charge in [-0.15, -0.1) is 0 Å². The molecule has 3 rings (SSSR count). The van der Waals surface area contributed by atoms with Crippen LogP contribution in [0, 0.1) is 0 Å². The number of hydrogen-bond donors (Lipinski definition) is 1. The highest BCUT2D eigenvalue weighted by Crippen LogP contribution is 2.40. The first-order valence-electron chi connectivity index (χ1n) is 8.38. The van der Waals surface area contributed by atoms with Crippen molar-refractivity contribution in [3.63, 3.8) is 0 Å². The van der Waals surface area contributed by atoms with Gasteiger partial charge in [-0.2, -0.15) is 10.1 Å². The average Bonchev–Trinajstić information content (AvgIpc) is 2.94. The number of hydrogen-bond acceptors (Lipinski definition) is 7. The van der Waals surface area contributed by atoms with E-state index in [-0.39, 0.29) is 11.8 Å². The first kappa shape index (κ1) is 17.4. The maximum Gasteiger partial charge on any atom is 0.408 e. The van der Waals surface area contributed by atoms with Crippen LogP contribution in [-0.4, -0.2) is 45.5 Å². The van der Waals surface area contributed by atoms with Crippen molar-refractivity contribution < 1.29 is 18.8 Å². The van der Waals surface area contributed by atoms with Gasteiger partial charge >= 0.3 is 6.09 Å². The summed E-state index contributed by atoms with van der Waals surface area (Å²) in [5.74, 6) is 0.652. The molecule has 1 aliphatic heterocycles. The lowest BCUT2D eigenvalue weighted by atomic mass is 9.76. The summed E-state index contributed by atoms with van der Waals surface area (Å²) in [6, 6.07) is 0. The Hall–Kier alpha value is -2.45. The molecule has 0 unspecified atom stereocenters. The second-order valence-corrected chi connectivity index (χ2v) is 7.45. The van der Waals surface area contributed by atoms with Gasteiger partial charge < -0.3 is 14.6 Å². The maximum absolute atomic E-state index is 12.1. The molecule has 9 nitrogen and oxygen atoms in total. The average molecular weight is 349 g/mol. The Kier molecular flexibility index (Phi) is 4.26. The molecular weight excluding hydrogens is 326 g/mol. The Morgan fingerprint density at radius 2 is 2.04 bits per heavy atom. The highest BCUT2D eigenvalue weighted by Gasteiger charge is 2.45. The number of aromatic nitrogens is 2. The van der Waals surface area contributed by atoms with Crippen LogP contribution in [-0.2, 0) is 15.1 Å². The second kappa shape index (κ2) is 6.12. The highest BCUT2D eigenvalue weighted by atomic mass is 16.6.